The van der Waals surface area contributed by atoms with Crippen LogP contribution in [-0.2, 0) is 0 Å². The van der Waals surface area contributed by atoms with Gasteiger partial charge in [0.1, 0.15) is 11.6 Å². The van der Waals surface area contributed by atoms with E-state index < -0.39 is 29.8 Å². The number of hydrogen-bond donors (Lipinski definition) is 1. The molecule has 1 saturated carbocycles. The van der Waals surface area contributed by atoms with Gasteiger partial charge in [-0.3, -0.25) is 0 Å². The van der Waals surface area contributed by atoms with Crippen LogP contribution in [0.25, 0.3) is 0 Å². The molecule has 118 valence electrons. The number of rotatable bonds is 2. The van der Waals surface area contributed by atoms with Crippen molar-refractivity contribution >= 4 is 15.9 Å². The van der Waals surface area contributed by atoms with Gasteiger partial charge in [-0.2, -0.15) is 13.2 Å². The van der Waals surface area contributed by atoms with Gasteiger partial charge in [-0.05, 0) is 59.7 Å². The van der Waals surface area contributed by atoms with E-state index in [4.69, 9.17) is 5.73 Å². The molecule has 2 rings (SSSR count). The van der Waals surface area contributed by atoms with Crippen LogP contribution in [-0.4, -0.2) is 6.18 Å². The third-order valence-corrected chi connectivity index (χ3v) is 4.77. The minimum Gasteiger partial charge on any atom is -0.324 e. The van der Waals surface area contributed by atoms with E-state index >= 15 is 0 Å². The van der Waals surface area contributed by atoms with Crippen molar-refractivity contribution in [3.05, 3.63) is 33.8 Å². The number of nitrogens with two attached hydrogens (primary N) is 1. The van der Waals surface area contributed by atoms with Crippen LogP contribution in [0.3, 0.4) is 0 Å². The molecule has 0 radical (unpaired) electrons. The largest absolute Gasteiger partial charge is 0.391 e. The Morgan fingerprint density at radius 1 is 1.10 bits per heavy atom. The van der Waals surface area contributed by atoms with E-state index in [1.54, 1.807) is 0 Å². The average molecular weight is 372 g/mol. The van der Waals surface area contributed by atoms with Crippen molar-refractivity contribution in [2.24, 2.45) is 17.6 Å². The minimum atomic E-state index is -4.21. The topological polar surface area (TPSA) is 26.0 Å². The lowest BCUT2D eigenvalue weighted by Crippen LogP contribution is -2.32. The molecule has 1 aliphatic rings. The van der Waals surface area contributed by atoms with Crippen molar-refractivity contribution < 1.29 is 22.0 Å². The first kappa shape index (κ1) is 16.7. The van der Waals surface area contributed by atoms with Gasteiger partial charge in [-0.25, -0.2) is 8.78 Å². The molecule has 7 heteroatoms. The van der Waals surface area contributed by atoms with Gasteiger partial charge in [-0.15, -0.1) is 0 Å². The van der Waals surface area contributed by atoms with E-state index in [-0.39, 0.29) is 41.6 Å². The van der Waals surface area contributed by atoms with E-state index in [9.17, 15) is 22.0 Å². The molecular formula is C14H15BrF5N. The summed E-state index contributed by atoms with van der Waals surface area (Å²) in [5.74, 6) is -3.22. The summed E-state index contributed by atoms with van der Waals surface area (Å²) in [5.41, 5.74) is 5.66. The van der Waals surface area contributed by atoms with Gasteiger partial charge < -0.3 is 5.73 Å². The Bertz CT molecular complexity index is 509. The highest BCUT2D eigenvalue weighted by Crippen LogP contribution is 2.43. The molecule has 0 bridgehead atoms. The van der Waals surface area contributed by atoms with Crippen molar-refractivity contribution in [3.63, 3.8) is 0 Å². The number of hydrogen-bond acceptors (Lipinski definition) is 1. The monoisotopic (exact) mass is 371 g/mol. The standard InChI is InChI=1S/C14H15BrF5N/c15-9-5-6-10(16)11(12(9)17)13(21)7-1-3-8(4-2-7)14(18,19)20/h5-8,13H,1-4,21H2. The van der Waals surface area contributed by atoms with Crippen LogP contribution in [0.2, 0.25) is 0 Å². The van der Waals surface area contributed by atoms with Gasteiger partial charge in [0.05, 0.1) is 10.4 Å². The van der Waals surface area contributed by atoms with Gasteiger partial charge in [0.2, 0.25) is 0 Å². The molecule has 1 nitrogen and oxygen atoms in total. The van der Waals surface area contributed by atoms with E-state index in [1.807, 2.05) is 0 Å². The predicted molar refractivity (Wildman–Crippen MR) is 72.5 cm³/mol. The third-order valence-electron chi connectivity index (χ3n) is 4.16. The second kappa shape index (κ2) is 6.20. The molecule has 1 fully saturated rings. The van der Waals surface area contributed by atoms with Crippen LogP contribution in [0, 0.1) is 23.5 Å². The lowest BCUT2D eigenvalue weighted by molar-refractivity contribution is -0.184. The maximum Gasteiger partial charge on any atom is 0.391 e. The molecule has 1 atom stereocenters. The normalized spacial score (nSPS) is 24.9. The Hall–Kier alpha value is -0.690. The van der Waals surface area contributed by atoms with Crippen molar-refractivity contribution in [1.82, 2.24) is 0 Å². The highest BCUT2D eigenvalue weighted by atomic mass is 79.9. The molecule has 0 aromatic heterocycles. The van der Waals surface area contributed by atoms with Gasteiger partial charge in [-0.1, -0.05) is 0 Å². The van der Waals surface area contributed by atoms with Crippen molar-refractivity contribution in [2.45, 2.75) is 37.9 Å². The summed E-state index contributed by atoms with van der Waals surface area (Å²) in [6.07, 6.45) is -3.85. The fourth-order valence-electron chi connectivity index (χ4n) is 2.89. The van der Waals surface area contributed by atoms with E-state index in [0.717, 1.165) is 6.07 Å². The first-order chi connectivity index (χ1) is 9.71. The summed E-state index contributed by atoms with van der Waals surface area (Å²) in [4.78, 5) is 0. The van der Waals surface area contributed by atoms with Crippen LogP contribution in [0.1, 0.15) is 37.3 Å². The zero-order chi connectivity index (χ0) is 15.8. The van der Waals surface area contributed by atoms with Crippen molar-refractivity contribution in [3.8, 4) is 0 Å². The molecule has 2 N–H and O–H groups in total. The summed E-state index contributed by atoms with van der Waals surface area (Å²) >= 11 is 2.96. The predicted octanol–water partition coefficient (Wildman–Crippen LogP) is 5.10. The Kier molecular flexibility index (Phi) is 4.92. The highest BCUT2D eigenvalue weighted by Gasteiger charge is 2.42. The Morgan fingerprint density at radius 3 is 2.19 bits per heavy atom. The number of halogens is 6. The minimum absolute atomic E-state index is 0.0426. The zero-order valence-corrected chi connectivity index (χ0v) is 12.6. The molecule has 0 saturated heterocycles. The first-order valence-corrected chi connectivity index (χ1v) is 7.46. The molecular weight excluding hydrogens is 357 g/mol. The van der Waals surface area contributed by atoms with Crippen molar-refractivity contribution in [2.75, 3.05) is 0 Å². The third kappa shape index (κ3) is 3.56. The maximum atomic E-state index is 14.0. The molecule has 1 unspecified atom stereocenters. The SMILES string of the molecule is NC(c1c(F)ccc(Br)c1F)C1CCC(C(F)(F)F)CC1. The second-order valence-corrected chi connectivity index (χ2v) is 6.29. The van der Waals surface area contributed by atoms with E-state index in [1.165, 1.54) is 6.07 Å². The summed E-state index contributed by atoms with van der Waals surface area (Å²) in [7, 11) is 0. The molecule has 0 aliphatic heterocycles. The summed E-state index contributed by atoms with van der Waals surface area (Å²) < 4.78 is 65.7. The van der Waals surface area contributed by atoms with Gasteiger partial charge in [0.25, 0.3) is 0 Å². The Morgan fingerprint density at radius 2 is 1.67 bits per heavy atom. The zero-order valence-electron chi connectivity index (χ0n) is 11.1. The number of alkyl halides is 3. The molecule has 0 amide bonds. The van der Waals surface area contributed by atoms with Gasteiger partial charge >= 0.3 is 6.18 Å². The lowest BCUT2D eigenvalue weighted by atomic mass is 9.76. The number of benzene rings is 1. The van der Waals surface area contributed by atoms with Crippen LogP contribution in [0.5, 0.6) is 0 Å². The Balaban J connectivity index is 2.13. The molecule has 0 spiro atoms. The molecule has 1 aromatic carbocycles. The van der Waals surface area contributed by atoms with Gasteiger partial charge in [0.15, 0.2) is 0 Å². The maximum absolute atomic E-state index is 14.0. The highest BCUT2D eigenvalue weighted by molar-refractivity contribution is 9.10. The van der Waals surface area contributed by atoms with E-state index in [0.29, 0.717) is 0 Å². The molecule has 0 heterocycles. The van der Waals surface area contributed by atoms with E-state index in [2.05, 4.69) is 15.9 Å². The smallest absolute Gasteiger partial charge is 0.324 e. The average Bonchev–Trinajstić information content (AvgIpc) is 2.42. The first-order valence-electron chi connectivity index (χ1n) is 6.67. The molecule has 1 aromatic rings. The summed E-state index contributed by atoms with van der Waals surface area (Å²) in [6.45, 7) is 0. The molecule has 1 aliphatic carbocycles. The summed E-state index contributed by atoms with van der Waals surface area (Å²) in [6, 6.07) is 1.40. The van der Waals surface area contributed by atoms with Crippen LogP contribution >= 0.6 is 15.9 Å². The Labute approximate surface area is 127 Å². The summed E-state index contributed by atoms with van der Waals surface area (Å²) in [5, 5.41) is 0. The fraction of sp³-hybridized carbons (Fsp3) is 0.571. The van der Waals surface area contributed by atoms with Gasteiger partial charge in [0, 0.05) is 11.6 Å². The van der Waals surface area contributed by atoms with Crippen LogP contribution < -0.4 is 5.73 Å². The van der Waals surface area contributed by atoms with Crippen molar-refractivity contribution in [1.29, 1.82) is 0 Å². The molecule has 21 heavy (non-hydrogen) atoms. The van der Waals surface area contributed by atoms with Crippen LogP contribution in [0.15, 0.2) is 16.6 Å². The van der Waals surface area contributed by atoms with Crippen LogP contribution in [0.4, 0.5) is 22.0 Å². The lowest BCUT2D eigenvalue weighted by Gasteiger charge is -2.33. The second-order valence-electron chi connectivity index (χ2n) is 5.44. The fourth-order valence-corrected chi connectivity index (χ4v) is 3.24. The quantitative estimate of drug-likeness (QED) is 0.568.